The molecular weight excluding hydrogens is 414 g/mol. The summed E-state index contributed by atoms with van der Waals surface area (Å²) in [5, 5.41) is 3.26. The zero-order chi connectivity index (χ0) is 18.5. The molecule has 0 aliphatic heterocycles. The van der Waals surface area contributed by atoms with Gasteiger partial charge in [-0.25, -0.2) is 0 Å². The Labute approximate surface area is 165 Å². The maximum atomic E-state index is 12.8. The quantitative estimate of drug-likeness (QED) is 0.544. The summed E-state index contributed by atoms with van der Waals surface area (Å²) in [7, 11) is 0. The second kappa shape index (κ2) is 8.30. The van der Waals surface area contributed by atoms with Crippen LogP contribution in [0.15, 0.2) is 77.3 Å². The topological polar surface area (TPSA) is 46.2 Å². The molecule has 0 aliphatic rings. The Morgan fingerprint density at radius 1 is 0.923 bits per heavy atom. The number of hydrogen-bond donors (Lipinski definition) is 1. The molecule has 0 heterocycles. The Balaban J connectivity index is 1.84. The van der Waals surface area contributed by atoms with Crippen molar-refractivity contribution in [3.05, 3.63) is 99.0 Å². The van der Waals surface area contributed by atoms with E-state index in [-0.39, 0.29) is 18.1 Å². The molecule has 0 aromatic heterocycles. The lowest BCUT2D eigenvalue weighted by Gasteiger charge is -2.11. The maximum absolute atomic E-state index is 12.8. The van der Waals surface area contributed by atoms with Crippen LogP contribution in [0.25, 0.3) is 0 Å². The molecule has 26 heavy (non-hydrogen) atoms. The molecule has 3 aromatic carbocycles. The molecule has 0 saturated carbocycles. The molecule has 0 saturated heterocycles. The molecule has 1 amide bonds. The number of ketones is 1. The largest absolute Gasteiger partial charge is 0.325 e. The molecule has 3 rings (SSSR count). The predicted molar refractivity (Wildman–Crippen MR) is 108 cm³/mol. The first-order valence-corrected chi connectivity index (χ1v) is 9.13. The Hall–Kier alpha value is -2.43. The lowest BCUT2D eigenvalue weighted by molar-refractivity contribution is -0.115. The third kappa shape index (κ3) is 4.59. The number of rotatable bonds is 5. The van der Waals surface area contributed by atoms with E-state index in [1.807, 2.05) is 30.3 Å². The summed E-state index contributed by atoms with van der Waals surface area (Å²) in [4.78, 5) is 25.2. The Bertz CT molecular complexity index is 957. The van der Waals surface area contributed by atoms with Gasteiger partial charge in [-0.3, -0.25) is 9.59 Å². The summed E-state index contributed by atoms with van der Waals surface area (Å²) in [5.41, 5.74) is 2.23. The molecule has 0 fully saturated rings. The van der Waals surface area contributed by atoms with E-state index < -0.39 is 0 Å². The summed E-state index contributed by atoms with van der Waals surface area (Å²) in [5.74, 6) is -0.390. The van der Waals surface area contributed by atoms with Crippen LogP contribution in [-0.4, -0.2) is 11.7 Å². The molecule has 0 radical (unpaired) electrons. The molecule has 130 valence electrons. The van der Waals surface area contributed by atoms with E-state index in [9.17, 15) is 9.59 Å². The van der Waals surface area contributed by atoms with Gasteiger partial charge in [0.05, 0.1) is 12.1 Å². The molecule has 5 heteroatoms. The van der Waals surface area contributed by atoms with E-state index in [0.29, 0.717) is 21.8 Å². The van der Waals surface area contributed by atoms with Gasteiger partial charge in [0.15, 0.2) is 5.78 Å². The highest BCUT2D eigenvalue weighted by Crippen LogP contribution is 2.24. The van der Waals surface area contributed by atoms with Gasteiger partial charge >= 0.3 is 0 Å². The monoisotopic (exact) mass is 427 g/mol. The zero-order valence-corrected chi connectivity index (χ0v) is 16.0. The first kappa shape index (κ1) is 18.4. The van der Waals surface area contributed by atoms with Gasteiger partial charge < -0.3 is 5.32 Å². The minimum atomic E-state index is -0.201. The van der Waals surface area contributed by atoms with Crippen LogP contribution in [0, 0.1) is 0 Å². The SMILES string of the molecule is O=C(Cc1cccc(Br)c1)Nc1ccc(Cl)cc1C(=O)c1ccccc1. The van der Waals surface area contributed by atoms with Crippen molar-refractivity contribution in [1.29, 1.82) is 0 Å². The normalized spacial score (nSPS) is 10.4. The zero-order valence-electron chi connectivity index (χ0n) is 13.7. The summed E-state index contributed by atoms with van der Waals surface area (Å²) in [6.45, 7) is 0. The number of anilines is 1. The predicted octanol–water partition coefficient (Wildman–Crippen LogP) is 5.51. The third-order valence-electron chi connectivity index (χ3n) is 3.79. The number of hydrogen-bond acceptors (Lipinski definition) is 2. The van der Waals surface area contributed by atoms with E-state index in [4.69, 9.17) is 11.6 Å². The highest BCUT2D eigenvalue weighted by molar-refractivity contribution is 9.10. The first-order chi connectivity index (χ1) is 12.5. The van der Waals surface area contributed by atoms with Gasteiger partial charge in [-0.1, -0.05) is 70.0 Å². The average Bonchev–Trinajstić information content (AvgIpc) is 2.63. The van der Waals surface area contributed by atoms with Gasteiger partial charge in [0.25, 0.3) is 0 Å². The second-order valence-electron chi connectivity index (χ2n) is 5.74. The van der Waals surface area contributed by atoms with Crippen molar-refractivity contribution in [1.82, 2.24) is 0 Å². The average molecular weight is 429 g/mol. The lowest BCUT2D eigenvalue weighted by atomic mass is 10.0. The number of halogens is 2. The van der Waals surface area contributed by atoms with Crippen LogP contribution in [-0.2, 0) is 11.2 Å². The van der Waals surface area contributed by atoms with Crippen molar-refractivity contribution in [2.75, 3.05) is 5.32 Å². The fourth-order valence-corrected chi connectivity index (χ4v) is 3.20. The van der Waals surface area contributed by atoms with Crippen LogP contribution in [0.4, 0.5) is 5.69 Å². The van der Waals surface area contributed by atoms with Gasteiger partial charge in [-0.2, -0.15) is 0 Å². The Morgan fingerprint density at radius 3 is 2.42 bits per heavy atom. The van der Waals surface area contributed by atoms with E-state index in [2.05, 4.69) is 21.2 Å². The number of carbonyl (C=O) groups excluding carboxylic acids is 2. The van der Waals surface area contributed by atoms with Gasteiger partial charge in [0.2, 0.25) is 5.91 Å². The van der Waals surface area contributed by atoms with Crippen LogP contribution in [0.1, 0.15) is 21.5 Å². The third-order valence-corrected chi connectivity index (χ3v) is 4.52. The van der Waals surface area contributed by atoms with E-state index >= 15 is 0 Å². The minimum absolute atomic E-state index is 0.189. The van der Waals surface area contributed by atoms with Gasteiger partial charge in [0, 0.05) is 20.6 Å². The van der Waals surface area contributed by atoms with Crippen molar-refractivity contribution in [2.24, 2.45) is 0 Å². The van der Waals surface area contributed by atoms with Crippen LogP contribution in [0.3, 0.4) is 0 Å². The van der Waals surface area contributed by atoms with Crippen molar-refractivity contribution >= 4 is 44.9 Å². The molecular formula is C21H15BrClNO2. The smallest absolute Gasteiger partial charge is 0.228 e. The van der Waals surface area contributed by atoms with Crippen molar-refractivity contribution in [3.63, 3.8) is 0 Å². The molecule has 0 atom stereocenters. The van der Waals surface area contributed by atoms with E-state index in [1.165, 1.54) is 0 Å². The van der Waals surface area contributed by atoms with Crippen molar-refractivity contribution in [3.8, 4) is 0 Å². The fraction of sp³-hybridized carbons (Fsp3) is 0.0476. The second-order valence-corrected chi connectivity index (χ2v) is 7.09. The summed E-state index contributed by atoms with van der Waals surface area (Å²) >= 11 is 9.45. The van der Waals surface area contributed by atoms with Crippen LogP contribution >= 0.6 is 27.5 Å². The number of amides is 1. The molecule has 3 aromatic rings. The van der Waals surface area contributed by atoms with Crippen molar-refractivity contribution < 1.29 is 9.59 Å². The summed E-state index contributed by atoms with van der Waals surface area (Å²) < 4.78 is 0.911. The minimum Gasteiger partial charge on any atom is -0.325 e. The van der Waals surface area contributed by atoms with Crippen molar-refractivity contribution in [2.45, 2.75) is 6.42 Å². The van der Waals surface area contributed by atoms with Gasteiger partial charge in [0.1, 0.15) is 0 Å². The maximum Gasteiger partial charge on any atom is 0.228 e. The number of carbonyl (C=O) groups is 2. The number of benzene rings is 3. The molecule has 0 spiro atoms. The molecule has 0 aliphatic carbocycles. The lowest BCUT2D eigenvalue weighted by Crippen LogP contribution is -2.17. The van der Waals surface area contributed by atoms with E-state index in [1.54, 1.807) is 42.5 Å². The summed E-state index contributed by atoms with van der Waals surface area (Å²) in [6, 6.07) is 21.3. The van der Waals surface area contributed by atoms with Crippen LogP contribution < -0.4 is 5.32 Å². The molecule has 0 unspecified atom stereocenters. The first-order valence-electron chi connectivity index (χ1n) is 7.96. The Kier molecular flexibility index (Phi) is 5.86. The molecule has 3 nitrogen and oxygen atoms in total. The van der Waals surface area contributed by atoms with E-state index in [0.717, 1.165) is 10.0 Å². The summed E-state index contributed by atoms with van der Waals surface area (Å²) in [6.07, 6.45) is 0.209. The molecule has 1 N–H and O–H groups in total. The highest BCUT2D eigenvalue weighted by atomic mass is 79.9. The van der Waals surface area contributed by atoms with Crippen LogP contribution in [0.2, 0.25) is 5.02 Å². The standard InChI is InChI=1S/C21H15BrClNO2/c22-16-8-4-5-14(11-16)12-20(25)24-19-10-9-17(23)13-18(19)21(26)15-6-2-1-3-7-15/h1-11,13H,12H2,(H,24,25). The van der Waals surface area contributed by atoms with Gasteiger partial charge in [-0.05, 0) is 35.9 Å². The van der Waals surface area contributed by atoms with Gasteiger partial charge in [-0.15, -0.1) is 0 Å². The Morgan fingerprint density at radius 2 is 1.69 bits per heavy atom. The number of nitrogens with one attached hydrogen (secondary N) is 1. The molecule has 0 bridgehead atoms. The highest BCUT2D eigenvalue weighted by Gasteiger charge is 2.16. The van der Waals surface area contributed by atoms with Crippen LogP contribution in [0.5, 0.6) is 0 Å². The fourth-order valence-electron chi connectivity index (χ4n) is 2.59.